The van der Waals surface area contributed by atoms with Gasteiger partial charge in [0, 0.05) is 48.0 Å². The summed E-state index contributed by atoms with van der Waals surface area (Å²) in [6, 6.07) is 58.5. The van der Waals surface area contributed by atoms with Gasteiger partial charge in [0.2, 0.25) is 0 Å². The molecule has 0 saturated heterocycles. The van der Waals surface area contributed by atoms with Gasteiger partial charge in [0.25, 0.3) is 0 Å². The van der Waals surface area contributed by atoms with E-state index in [1.807, 2.05) is 23.5 Å². The highest BCUT2D eigenvalue weighted by molar-refractivity contribution is 7.25. The van der Waals surface area contributed by atoms with Crippen molar-refractivity contribution in [3.63, 3.8) is 0 Å². The number of hydrogen-bond acceptors (Lipinski definition) is 3. The Kier molecular flexibility index (Phi) is 6.03. The average Bonchev–Trinajstić information content (AvgIpc) is 3.68. The first kappa shape index (κ1) is 25.8. The first-order chi connectivity index (χ1) is 22.3. The normalized spacial score (nSPS) is 11.6. The van der Waals surface area contributed by atoms with Crippen LogP contribution in [0.2, 0.25) is 0 Å². The summed E-state index contributed by atoms with van der Waals surface area (Å²) in [7, 11) is 0. The Morgan fingerprint density at radius 2 is 1.00 bits per heavy atom. The van der Waals surface area contributed by atoms with Crippen LogP contribution in [0.3, 0.4) is 0 Å². The fourth-order valence-electron chi connectivity index (χ4n) is 6.54. The van der Waals surface area contributed by atoms with Crippen molar-refractivity contribution < 1.29 is 4.42 Å². The van der Waals surface area contributed by atoms with E-state index in [0.29, 0.717) is 0 Å². The molecule has 0 N–H and O–H groups in total. The van der Waals surface area contributed by atoms with Gasteiger partial charge in [0.15, 0.2) is 0 Å². The third kappa shape index (κ3) is 4.40. The lowest BCUT2D eigenvalue weighted by molar-refractivity contribution is 0.669. The van der Waals surface area contributed by atoms with E-state index >= 15 is 0 Å². The van der Waals surface area contributed by atoms with E-state index in [9.17, 15) is 0 Å². The van der Waals surface area contributed by atoms with Gasteiger partial charge < -0.3 is 9.32 Å². The van der Waals surface area contributed by atoms with Crippen molar-refractivity contribution in [2.24, 2.45) is 0 Å². The molecule has 0 aliphatic rings. The molecule has 7 aromatic carbocycles. The maximum atomic E-state index is 6.17. The van der Waals surface area contributed by atoms with Gasteiger partial charge in [-0.05, 0) is 82.9 Å². The Balaban J connectivity index is 1.18. The van der Waals surface area contributed by atoms with Crippen molar-refractivity contribution in [1.29, 1.82) is 0 Å². The standard InChI is InChI=1S/C42H27NOS/c1-2-9-28(10-3-1)29-17-21-31(22-18-29)43(33-25-26-39-37(27-33)35-11-4-6-14-38(35)44-39)32-23-19-30(20-24-32)34-13-8-16-41-42(34)36-12-5-7-15-40(36)45-41/h1-27H. The first-order valence-corrected chi connectivity index (χ1v) is 16.0. The zero-order valence-electron chi connectivity index (χ0n) is 24.4. The fraction of sp³-hybridized carbons (Fsp3) is 0. The number of furan rings is 1. The van der Waals surface area contributed by atoms with Crippen LogP contribution in [-0.2, 0) is 0 Å². The minimum atomic E-state index is 0.894. The number of fused-ring (bicyclic) bond motifs is 6. The molecule has 0 amide bonds. The van der Waals surface area contributed by atoms with E-state index in [0.717, 1.165) is 39.0 Å². The van der Waals surface area contributed by atoms with E-state index in [4.69, 9.17) is 4.42 Å². The first-order valence-electron chi connectivity index (χ1n) is 15.2. The van der Waals surface area contributed by atoms with Crippen LogP contribution >= 0.6 is 11.3 Å². The van der Waals surface area contributed by atoms with Gasteiger partial charge in [-0.1, -0.05) is 103 Å². The van der Waals surface area contributed by atoms with Crippen LogP contribution in [0.1, 0.15) is 0 Å². The molecular formula is C42H27NOS. The van der Waals surface area contributed by atoms with Crippen molar-refractivity contribution in [3.05, 3.63) is 164 Å². The van der Waals surface area contributed by atoms with Crippen LogP contribution in [0.15, 0.2) is 168 Å². The topological polar surface area (TPSA) is 16.4 Å². The SMILES string of the molecule is c1ccc(-c2ccc(N(c3ccc(-c4cccc5sc6ccccc6c45)cc3)c3ccc4oc5ccccc5c4c3)cc2)cc1. The predicted molar refractivity (Wildman–Crippen MR) is 192 cm³/mol. The molecule has 2 aromatic heterocycles. The lowest BCUT2D eigenvalue weighted by Gasteiger charge is -2.26. The lowest BCUT2D eigenvalue weighted by atomic mass is 9.99. The van der Waals surface area contributed by atoms with Gasteiger partial charge in [-0.2, -0.15) is 0 Å². The third-order valence-corrected chi connectivity index (χ3v) is 9.83. The van der Waals surface area contributed by atoms with E-state index in [1.165, 1.54) is 42.4 Å². The summed E-state index contributed by atoms with van der Waals surface area (Å²) in [5.74, 6) is 0. The number of nitrogens with zero attached hydrogens (tertiary/aromatic N) is 1. The lowest BCUT2D eigenvalue weighted by Crippen LogP contribution is -2.09. The average molecular weight is 594 g/mol. The second-order valence-electron chi connectivity index (χ2n) is 11.4. The maximum Gasteiger partial charge on any atom is 0.135 e. The summed E-state index contributed by atoms with van der Waals surface area (Å²) in [6.07, 6.45) is 0. The van der Waals surface area contributed by atoms with Gasteiger partial charge in [-0.25, -0.2) is 0 Å². The molecule has 0 spiro atoms. The van der Waals surface area contributed by atoms with Crippen LogP contribution in [-0.4, -0.2) is 0 Å². The summed E-state index contributed by atoms with van der Waals surface area (Å²) in [5, 5.41) is 4.89. The zero-order chi connectivity index (χ0) is 29.7. The van der Waals surface area contributed by atoms with Crippen molar-refractivity contribution in [3.8, 4) is 22.3 Å². The molecule has 0 bridgehead atoms. The highest BCUT2D eigenvalue weighted by Crippen LogP contribution is 2.42. The zero-order valence-corrected chi connectivity index (χ0v) is 25.2. The van der Waals surface area contributed by atoms with Crippen LogP contribution in [0, 0.1) is 0 Å². The van der Waals surface area contributed by atoms with E-state index in [1.54, 1.807) is 0 Å². The molecule has 2 nitrogen and oxygen atoms in total. The predicted octanol–water partition coefficient (Wildman–Crippen LogP) is 12.8. The minimum Gasteiger partial charge on any atom is -0.456 e. The summed E-state index contributed by atoms with van der Waals surface area (Å²) in [5.41, 5.74) is 9.96. The molecule has 0 saturated carbocycles. The Morgan fingerprint density at radius 1 is 0.400 bits per heavy atom. The number of hydrogen-bond donors (Lipinski definition) is 0. The third-order valence-electron chi connectivity index (χ3n) is 8.69. The van der Waals surface area contributed by atoms with Gasteiger partial charge in [-0.3, -0.25) is 0 Å². The van der Waals surface area contributed by atoms with Crippen molar-refractivity contribution >= 4 is 70.5 Å². The molecule has 0 fully saturated rings. The quantitative estimate of drug-likeness (QED) is 0.197. The summed E-state index contributed by atoms with van der Waals surface area (Å²) >= 11 is 1.86. The second-order valence-corrected chi connectivity index (χ2v) is 12.4. The van der Waals surface area contributed by atoms with Crippen molar-refractivity contribution in [2.75, 3.05) is 4.90 Å². The molecule has 0 radical (unpaired) electrons. The molecule has 9 aromatic rings. The molecular weight excluding hydrogens is 567 g/mol. The molecule has 0 aliphatic carbocycles. The molecule has 9 rings (SSSR count). The molecule has 0 aliphatic heterocycles. The summed E-state index contributed by atoms with van der Waals surface area (Å²) < 4.78 is 8.81. The van der Waals surface area contributed by atoms with Crippen molar-refractivity contribution in [1.82, 2.24) is 0 Å². The molecule has 0 unspecified atom stereocenters. The largest absolute Gasteiger partial charge is 0.456 e. The molecule has 0 atom stereocenters. The van der Waals surface area contributed by atoms with Gasteiger partial charge in [-0.15, -0.1) is 11.3 Å². The molecule has 212 valence electrons. The van der Waals surface area contributed by atoms with Crippen LogP contribution in [0.25, 0.3) is 64.4 Å². The monoisotopic (exact) mass is 593 g/mol. The number of thiophene rings is 1. The van der Waals surface area contributed by atoms with Gasteiger partial charge in [0.1, 0.15) is 11.2 Å². The fourth-order valence-corrected chi connectivity index (χ4v) is 7.67. The second kappa shape index (κ2) is 10.5. The maximum absolute atomic E-state index is 6.17. The van der Waals surface area contributed by atoms with E-state index in [2.05, 4.69) is 157 Å². The van der Waals surface area contributed by atoms with Crippen LogP contribution < -0.4 is 4.90 Å². The summed E-state index contributed by atoms with van der Waals surface area (Å²) in [4.78, 5) is 2.33. The van der Waals surface area contributed by atoms with Gasteiger partial charge in [0.05, 0.1) is 0 Å². The minimum absolute atomic E-state index is 0.894. The Labute approximate surface area is 265 Å². The summed E-state index contributed by atoms with van der Waals surface area (Å²) in [6.45, 7) is 0. The highest BCUT2D eigenvalue weighted by atomic mass is 32.1. The van der Waals surface area contributed by atoms with Crippen molar-refractivity contribution in [2.45, 2.75) is 0 Å². The van der Waals surface area contributed by atoms with Crippen LogP contribution in [0.5, 0.6) is 0 Å². The van der Waals surface area contributed by atoms with Crippen LogP contribution in [0.4, 0.5) is 17.1 Å². The number of anilines is 3. The molecule has 45 heavy (non-hydrogen) atoms. The highest BCUT2D eigenvalue weighted by Gasteiger charge is 2.17. The Morgan fingerprint density at radius 3 is 1.80 bits per heavy atom. The number of benzene rings is 7. The number of para-hydroxylation sites is 1. The van der Waals surface area contributed by atoms with E-state index in [-0.39, 0.29) is 0 Å². The molecule has 2 heterocycles. The van der Waals surface area contributed by atoms with Gasteiger partial charge >= 0.3 is 0 Å². The smallest absolute Gasteiger partial charge is 0.135 e. The molecule has 3 heteroatoms. The Bertz CT molecular complexity index is 2470. The van der Waals surface area contributed by atoms with E-state index < -0.39 is 0 Å². The Hall–Kier alpha value is -5.64. The number of rotatable bonds is 5.